The van der Waals surface area contributed by atoms with E-state index in [2.05, 4.69) is 35.1 Å². The summed E-state index contributed by atoms with van der Waals surface area (Å²) in [5.41, 5.74) is 5.29. The first-order valence-electron chi connectivity index (χ1n) is 15.6. The van der Waals surface area contributed by atoms with Crippen molar-refractivity contribution in [2.45, 2.75) is 38.8 Å². The molecule has 0 fully saturated rings. The van der Waals surface area contributed by atoms with Gasteiger partial charge in [-0.25, -0.2) is 4.79 Å². The number of methoxy groups -OCH3 is 1. The highest BCUT2D eigenvalue weighted by molar-refractivity contribution is 6.11. The minimum atomic E-state index is -0.906. The van der Waals surface area contributed by atoms with Crippen LogP contribution < -0.4 is 21.3 Å². The van der Waals surface area contributed by atoms with E-state index in [4.69, 9.17) is 4.74 Å². The van der Waals surface area contributed by atoms with Crippen molar-refractivity contribution in [3.63, 3.8) is 0 Å². The molecule has 9 nitrogen and oxygen atoms in total. The molecule has 4 amide bonds. The van der Waals surface area contributed by atoms with Gasteiger partial charge in [0.25, 0.3) is 5.91 Å². The van der Waals surface area contributed by atoms with E-state index >= 15 is 0 Å². The molecule has 0 saturated carbocycles. The average molecular weight is 631 g/mol. The largest absolute Gasteiger partial charge is 0.453 e. The summed E-state index contributed by atoms with van der Waals surface area (Å²) >= 11 is 0. The number of alkyl carbamates (subject to hydrolysis) is 1. The van der Waals surface area contributed by atoms with E-state index in [1.807, 2.05) is 78.9 Å². The Kier molecular flexibility index (Phi) is 10.5. The van der Waals surface area contributed by atoms with Gasteiger partial charge in [0.15, 0.2) is 0 Å². The molecule has 0 spiro atoms. The van der Waals surface area contributed by atoms with Crippen LogP contribution in [0, 0.1) is 5.92 Å². The lowest BCUT2D eigenvalue weighted by Gasteiger charge is -2.32. The number of para-hydroxylation sites is 2. The standard InChI is InChI=1S/C38H38N4O5/c1-4-24(2)35-30(26-16-8-9-19-29(26)36(44)42-35)23-34(43)39-31-20-12-10-17-27(31)28-18-11-13-21-32(28)40-37(45)33(41-38(46)47-3)22-25-14-6-5-7-15-25/h5-21,23-24,33,35H,4,22H2,1-3H3,(H,39,43)(H,40,45)(H,41,46)(H,42,44). The van der Waals surface area contributed by atoms with Crippen LogP contribution in [0.15, 0.2) is 109 Å². The number of hydrogen-bond acceptors (Lipinski definition) is 5. The molecule has 1 aliphatic rings. The number of ether oxygens (including phenoxy) is 1. The van der Waals surface area contributed by atoms with Gasteiger partial charge in [0, 0.05) is 40.6 Å². The van der Waals surface area contributed by atoms with Crippen LogP contribution in [-0.4, -0.2) is 43.0 Å². The molecule has 240 valence electrons. The van der Waals surface area contributed by atoms with Gasteiger partial charge >= 0.3 is 6.09 Å². The Hall–Kier alpha value is -5.70. The molecule has 1 aliphatic heterocycles. The molecular weight excluding hydrogens is 592 g/mol. The van der Waals surface area contributed by atoms with Crippen molar-refractivity contribution < 1.29 is 23.9 Å². The molecule has 0 aromatic heterocycles. The van der Waals surface area contributed by atoms with Gasteiger partial charge in [0.2, 0.25) is 11.8 Å². The predicted octanol–water partition coefficient (Wildman–Crippen LogP) is 6.44. The topological polar surface area (TPSA) is 126 Å². The van der Waals surface area contributed by atoms with Crippen LogP contribution in [0.5, 0.6) is 0 Å². The van der Waals surface area contributed by atoms with Gasteiger partial charge < -0.3 is 26.0 Å². The number of amides is 4. The second kappa shape index (κ2) is 15.1. The summed E-state index contributed by atoms with van der Waals surface area (Å²) in [6.45, 7) is 4.10. The zero-order valence-corrected chi connectivity index (χ0v) is 26.6. The molecule has 0 saturated heterocycles. The van der Waals surface area contributed by atoms with Gasteiger partial charge in [0.05, 0.1) is 13.2 Å². The third-order valence-corrected chi connectivity index (χ3v) is 8.34. The fraction of sp³-hybridized carbons (Fsp3) is 0.211. The Bertz CT molecular complexity index is 1800. The zero-order valence-electron chi connectivity index (χ0n) is 26.6. The number of carbonyl (C=O) groups is 4. The van der Waals surface area contributed by atoms with E-state index in [0.717, 1.165) is 23.1 Å². The van der Waals surface area contributed by atoms with E-state index in [0.29, 0.717) is 28.1 Å². The molecule has 4 N–H and O–H groups in total. The van der Waals surface area contributed by atoms with E-state index < -0.39 is 18.0 Å². The maximum Gasteiger partial charge on any atom is 0.407 e. The van der Waals surface area contributed by atoms with Crippen molar-refractivity contribution in [2.24, 2.45) is 5.92 Å². The first-order chi connectivity index (χ1) is 22.8. The van der Waals surface area contributed by atoms with Crippen molar-refractivity contribution in [3.05, 3.63) is 126 Å². The molecule has 5 rings (SSSR count). The number of benzene rings is 4. The predicted molar refractivity (Wildman–Crippen MR) is 184 cm³/mol. The van der Waals surface area contributed by atoms with Crippen LogP contribution in [0.3, 0.4) is 0 Å². The van der Waals surface area contributed by atoms with Crippen molar-refractivity contribution in [1.82, 2.24) is 10.6 Å². The molecule has 3 unspecified atom stereocenters. The molecule has 3 atom stereocenters. The summed E-state index contributed by atoms with van der Waals surface area (Å²) < 4.78 is 4.77. The summed E-state index contributed by atoms with van der Waals surface area (Å²) in [4.78, 5) is 52.2. The lowest BCUT2D eigenvalue weighted by atomic mass is 9.82. The van der Waals surface area contributed by atoms with Crippen molar-refractivity contribution in [1.29, 1.82) is 0 Å². The third-order valence-electron chi connectivity index (χ3n) is 8.34. The molecule has 4 aromatic carbocycles. The van der Waals surface area contributed by atoms with Gasteiger partial charge in [-0.15, -0.1) is 0 Å². The molecule has 0 radical (unpaired) electrons. The van der Waals surface area contributed by atoms with Gasteiger partial charge in [-0.2, -0.15) is 0 Å². The Labute approximate surface area is 274 Å². The first-order valence-corrected chi connectivity index (χ1v) is 15.6. The Morgan fingerprint density at radius 1 is 0.787 bits per heavy atom. The van der Waals surface area contributed by atoms with Crippen molar-refractivity contribution in [2.75, 3.05) is 17.7 Å². The summed E-state index contributed by atoms with van der Waals surface area (Å²) in [5, 5.41) is 11.7. The lowest BCUT2D eigenvalue weighted by molar-refractivity contribution is -0.118. The number of fused-ring (bicyclic) bond motifs is 1. The maximum atomic E-state index is 13.6. The van der Waals surface area contributed by atoms with Crippen LogP contribution in [0.4, 0.5) is 16.2 Å². The molecular formula is C38H38N4O5. The minimum Gasteiger partial charge on any atom is -0.453 e. The van der Waals surface area contributed by atoms with E-state index in [1.165, 1.54) is 7.11 Å². The number of hydrogen-bond donors (Lipinski definition) is 4. The van der Waals surface area contributed by atoms with Gasteiger partial charge in [-0.3, -0.25) is 14.4 Å². The average Bonchev–Trinajstić information content (AvgIpc) is 3.09. The fourth-order valence-corrected chi connectivity index (χ4v) is 5.69. The number of nitrogens with one attached hydrogen (secondary N) is 4. The number of rotatable bonds is 10. The maximum absolute atomic E-state index is 13.6. The van der Waals surface area contributed by atoms with Gasteiger partial charge in [-0.1, -0.05) is 105 Å². The summed E-state index contributed by atoms with van der Waals surface area (Å²) in [6, 6.07) is 30.0. The third kappa shape index (κ3) is 7.76. The molecule has 0 aliphatic carbocycles. The second-order valence-electron chi connectivity index (χ2n) is 11.4. The smallest absolute Gasteiger partial charge is 0.407 e. The Morgan fingerprint density at radius 3 is 1.96 bits per heavy atom. The monoisotopic (exact) mass is 630 g/mol. The number of anilines is 2. The van der Waals surface area contributed by atoms with Gasteiger partial charge in [0.1, 0.15) is 6.04 Å². The first kappa shape index (κ1) is 32.7. The van der Waals surface area contributed by atoms with Gasteiger partial charge in [-0.05, 0) is 40.8 Å². The van der Waals surface area contributed by atoms with E-state index in [-0.39, 0.29) is 30.2 Å². The summed E-state index contributed by atoms with van der Waals surface area (Å²) in [6.07, 6.45) is 1.92. The normalized spacial score (nSPS) is 15.9. The van der Waals surface area contributed by atoms with Crippen molar-refractivity contribution in [3.8, 4) is 11.1 Å². The quantitative estimate of drug-likeness (QED) is 0.150. The van der Waals surface area contributed by atoms with E-state index in [9.17, 15) is 19.2 Å². The lowest BCUT2D eigenvalue weighted by Crippen LogP contribution is -2.45. The van der Waals surface area contributed by atoms with Crippen LogP contribution in [0.25, 0.3) is 16.7 Å². The second-order valence-corrected chi connectivity index (χ2v) is 11.4. The highest BCUT2D eigenvalue weighted by Crippen LogP contribution is 2.35. The molecule has 4 aromatic rings. The highest BCUT2D eigenvalue weighted by atomic mass is 16.5. The summed E-state index contributed by atoms with van der Waals surface area (Å²) in [7, 11) is 1.25. The van der Waals surface area contributed by atoms with E-state index in [1.54, 1.807) is 30.3 Å². The van der Waals surface area contributed by atoms with Crippen LogP contribution in [0.1, 0.15) is 41.8 Å². The zero-order chi connectivity index (χ0) is 33.3. The fourth-order valence-electron chi connectivity index (χ4n) is 5.69. The molecule has 9 heteroatoms. The minimum absolute atomic E-state index is 0.105. The summed E-state index contributed by atoms with van der Waals surface area (Å²) in [5.74, 6) is -0.820. The Balaban J connectivity index is 1.43. The molecule has 0 bridgehead atoms. The Morgan fingerprint density at radius 2 is 1.34 bits per heavy atom. The number of carbonyl (C=O) groups excluding carboxylic acids is 4. The SMILES string of the molecule is CCC(C)C1NC(=O)c2ccccc2C1=CC(=O)Nc1ccccc1-c1ccccc1NC(=O)C(Cc1ccccc1)NC(=O)OC. The van der Waals surface area contributed by atoms with Crippen LogP contribution >= 0.6 is 0 Å². The molecule has 1 heterocycles. The van der Waals surface area contributed by atoms with Crippen LogP contribution in [0.2, 0.25) is 0 Å². The highest BCUT2D eigenvalue weighted by Gasteiger charge is 2.32. The molecule has 47 heavy (non-hydrogen) atoms. The van der Waals surface area contributed by atoms with Crippen molar-refractivity contribution >= 4 is 40.8 Å². The van der Waals surface area contributed by atoms with Crippen LogP contribution in [-0.2, 0) is 20.7 Å².